The fourth-order valence-corrected chi connectivity index (χ4v) is 1.63. The number of hydrogen-bond donors (Lipinski definition) is 1. The third kappa shape index (κ3) is 3.81. The summed E-state index contributed by atoms with van der Waals surface area (Å²) in [6.45, 7) is 9.58. The van der Waals surface area contributed by atoms with Crippen LogP contribution >= 0.6 is 0 Å². The van der Waals surface area contributed by atoms with Gasteiger partial charge < -0.3 is 9.88 Å². The summed E-state index contributed by atoms with van der Waals surface area (Å²) in [5, 5.41) is 3.44. The summed E-state index contributed by atoms with van der Waals surface area (Å²) < 4.78 is 2.16. The molecule has 0 bridgehead atoms. The van der Waals surface area contributed by atoms with E-state index in [0.717, 1.165) is 26.1 Å². The molecule has 1 heterocycles. The Morgan fingerprint density at radius 2 is 2.25 bits per heavy atom. The first-order valence-corrected chi connectivity index (χ1v) is 6.22. The molecule has 0 atom stereocenters. The van der Waals surface area contributed by atoms with Gasteiger partial charge >= 0.3 is 0 Å². The maximum absolute atomic E-state index is 4.17. The Labute approximate surface area is 98.6 Å². The molecule has 16 heavy (non-hydrogen) atoms. The summed E-state index contributed by atoms with van der Waals surface area (Å²) in [4.78, 5) is 4.17. The van der Waals surface area contributed by atoms with Gasteiger partial charge in [-0.05, 0) is 32.4 Å². The lowest BCUT2D eigenvalue weighted by molar-refractivity contribution is 0.704. The van der Waals surface area contributed by atoms with Gasteiger partial charge in [-0.1, -0.05) is 19.4 Å². The first-order chi connectivity index (χ1) is 7.81. The van der Waals surface area contributed by atoms with E-state index < -0.39 is 0 Å². The summed E-state index contributed by atoms with van der Waals surface area (Å²) >= 11 is 0. The van der Waals surface area contributed by atoms with Crippen LogP contribution in [0.25, 0.3) is 6.08 Å². The lowest BCUT2D eigenvalue weighted by atomic mass is 10.1. The summed E-state index contributed by atoms with van der Waals surface area (Å²) in [6, 6.07) is 0. The van der Waals surface area contributed by atoms with Gasteiger partial charge in [0.1, 0.15) is 0 Å². The van der Waals surface area contributed by atoms with Gasteiger partial charge in [-0.2, -0.15) is 0 Å². The second-order valence-corrected chi connectivity index (χ2v) is 3.94. The molecule has 0 fully saturated rings. The third-order valence-electron chi connectivity index (χ3n) is 2.67. The SMILES string of the molecule is CCCNCC(=Cc1cncn1CC)CC. The van der Waals surface area contributed by atoms with E-state index in [1.54, 1.807) is 0 Å². The highest BCUT2D eigenvalue weighted by Crippen LogP contribution is 2.09. The van der Waals surface area contributed by atoms with Crippen molar-refractivity contribution in [3.05, 3.63) is 23.8 Å². The Balaban J connectivity index is 2.63. The van der Waals surface area contributed by atoms with Crippen molar-refractivity contribution >= 4 is 6.08 Å². The van der Waals surface area contributed by atoms with Crippen molar-refractivity contribution in [1.82, 2.24) is 14.9 Å². The largest absolute Gasteiger partial charge is 0.331 e. The maximum Gasteiger partial charge on any atom is 0.0950 e. The molecule has 0 aromatic carbocycles. The second-order valence-electron chi connectivity index (χ2n) is 3.94. The van der Waals surface area contributed by atoms with Crippen LogP contribution in [0.1, 0.15) is 39.3 Å². The van der Waals surface area contributed by atoms with Gasteiger partial charge in [-0.25, -0.2) is 4.98 Å². The van der Waals surface area contributed by atoms with Crippen LogP contribution in [0.5, 0.6) is 0 Å². The van der Waals surface area contributed by atoms with Gasteiger partial charge in [0.15, 0.2) is 0 Å². The number of aryl methyl sites for hydroxylation is 1. The Bertz CT molecular complexity index is 326. The molecule has 0 saturated heterocycles. The van der Waals surface area contributed by atoms with Crippen LogP contribution in [0, 0.1) is 0 Å². The normalized spacial score (nSPS) is 12.1. The second kappa shape index (κ2) is 7.23. The Morgan fingerprint density at radius 3 is 2.88 bits per heavy atom. The van der Waals surface area contributed by atoms with Gasteiger partial charge in [0, 0.05) is 13.1 Å². The molecule has 0 unspecified atom stereocenters. The van der Waals surface area contributed by atoms with Crippen LogP contribution in [-0.2, 0) is 6.54 Å². The first-order valence-electron chi connectivity index (χ1n) is 6.22. The molecule has 90 valence electrons. The highest BCUT2D eigenvalue weighted by atomic mass is 15.0. The molecule has 1 rings (SSSR count). The zero-order valence-corrected chi connectivity index (χ0v) is 10.7. The Kier molecular flexibility index (Phi) is 5.86. The lowest BCUT2D eigenvalue weighted by Gasteiger charge is -2.07. The molecule has 0 spiro atoms. The van der Waals surface area contributed by atoms with Crippen molar-refractivity contribution in [3.8, 4) is 0 Å². The van der Waals surface area contributed by atoms with E-state index in [9.17, 15) is 0 Å². The molecule has 3 heteroatoms. The van der Waals surface area contributed by atoms with Crippen LogP contribution in [0.2, 0.25) is 0 Å². The van der Waals surface area contributed by atoms with Crippen molar-refractivity contribution in [2.75, 3.05) is 13.1 Å². The number of aromatic nitrogens is 2. The van der Waals surface area contributed by atoms with Crippen LogP contribution in [0.4, 0.5) is 0 Å². The lowest BCUT2D eigenvalue weighted by Crippen LogP contribution is -2.17. The molecule has 1 N–H and O–H groups in total. The monoisotopic (exact) mass is 221 g/mol. The average molecular weight is 221 g/mol. The van der Waals surface area contributed by atoms with E-state index in [4.69, 9.17) is 0 Å². The smallest absolute Gasteiger partial charge is 0.0950 e. The molecule has 0 radical (unpaired) electrons. The fourth-order valence-electron chi connectivity index (χ4n) is 1.63. The molecule has 1 aromatic heterocycles. The maximum atomic E-state index is 4.17. The average Bonchev–Trinajstić information content (AvgIpc) is 2.75. The van der Waals surface area contributed by atoms with Gasteiger partial charge in [-0.3, -0.25) is 0 Å². The summed E-state index contributed by atoms with van der Waals surface area (Å²) in [5.74, 6) is 0. The van der Waals surface area contributed by atoms with Gasteiger partial charge in [0.2, 0.25) is 0 Å². The van der Waals surface area contributed by atoms with E-state index in [1.165, 1.54) is 17.7 Å². The minimum absolute atomic E-state index is 0.977. The Morgan fingerprint density at radius 1 is 1.44 bits per heavy atom. The molecule has 1 aromatic rings. The van der Waals surface area contributed by atoms with Crippen LogP contribution in [0.15, 0.2) is 18.1 Å². The number of imidazole rings is 1. The molecule has 0 saturated carbocycles. The van der Waals surface area contributed by atoms with E-state index in [0.29, 0.717) is 0 Å². The zero-order valence-electron chi connectivity index (χ0n) is 10.7. The zero-order chi connectivity index (χ0) is 11.8. The predicted octanol–water partition coefficient (Wildman–Crippen LogP) is 2.70. The highest BCUT2D eigenvalue weighted by molar-refractivity contribution is 5.48. The number of nitrogens with zero attached hydrogens (tertiary/aromatic N) is 2. The van der Waals surface area contributed by atoms with Crippen LogP contribution in [0.3, 0.4) is 0 Å². The molecular formula is C13H23N3. The van der Waals surface area contributed by atoms with Crippen molar-refractivity contribution < 1.29 is 0 Å². The van der Waals surface area contributed by atoms with Crippen LogP contribution < -0.4 is 5.32 Å². The summed E-state index contributed by atoms with van der Waals surface area (Å²) in [7, 11) is 0. The number of rotatable bonds is 7. The molecule has 0 aliphatic carbocycles. The predicted molar refractivity (Wildman–Crippen MR) is 69.3 cm³/mol. The topological polar surface area (TPSA) is 29.9 Å². The highest BCUT2D eigenvalue weighted by Gasteiger charge is 1.99. The van der Waals surface area contributed by atoms with Crippen molar-refractivity contribution in [3.63, 3.8) is 0 Å². The fraction of sp³-hybridized carbons (Fsp3) is 0.615. The minimum Gasteiger partial charge on any atom is -0.331 e. The first kappa shape index (κ1) is 13.0. The van der Waals surface area contributed by atoms with E-state index >= 15 is 0 Å². The summed E-state index contributed by atoms with van der Waals surface area (Å²) in [5.41, 5.74) is 2.64. The van der Waals surface area contributed by atoms with Crippen molar-refractivity contribution in [1.29, 1.82) is 0 Å². The van der Waals surface area contributed by atoms with Crippen LogP contribution in [-0.4, -0.2) is 22.6 Å². The molecule has 3 nitrogen and oxygen atoms in total. The quantitative estimate of drug-likeness (QED) is 0.717. The van der Waals surface area contributed by atoms with Crippen molar-refractivity contribution in [2.45, 2.75) is 40.2 Å². The third-order valence-corrected chi connectivity index (χ3v) is 2.67. The van der Waals surface area contributed by atoms with Gasteiger partial charge in [0.05, 0.1) is 18.2 Å². The molecule has 0 amide bonds. The van der Waals surface area contributed by atoms with Gasteiger partial charge in [0.25, 0.3) is 0 Å². The van der Waals surface area contributed by atoms with Gasteiger partial charge in [-0.15, -0.1) is 0 Å². The molecular weight excluding hydrogens is 198 g/mol. The molecule has 0 aliphatic heterocycles. The minimum atomic E-state index is 0.977. The summed E-state index contributed by atoms with van der Waals surface area (Å²) in [6.07, 6.45) is 8.34. The van der Waals surface area contributed by atoms with Crippen molar-refractivity contribution in [2.24, 2.45) is 0 Å². The number of hydrogen-bond acceptors (Lipinski definition) is 2. The number of nitrogens with one attached hydrogen (secondary N) is 1. The standard InChI is InChI=1S/C13H23N3/c1-4-7-14-9-12(5-2)8-13-10-15-11-16(13)6-3/h8,10-11,14H,4-7,9H2,1-3H3. The molecule has 0 aliphatic rings. The van der Waals surface area contributed by atoms with E-state index in [2.05, 4.69) is 41.7 Å². The Hall–Kier alpha value is -1.09. The van der Waals surface area contributed by atoms with E-state index in [-0.39, 0.29) is 0 Å². The van der Waals surface area contributed by atoms with E-state index in [1.807, 2.05) is 12.5 Å².